The summed E-state index contributed by atoms with van der Waals surface area (Å²) in [4.78, 5) is 35.7. The monoisotopic (exact) mass is 424 g/mol. The minimum absolute atomic E-state index is 0.148. The van der Waals surface area contributed by atoms with Crippen molar-refractivity contribution in [3.8, 4) is 0 Å². The molecule has 3 aromatic rings. The number of hydrogen-bond donors (Lipinski definition) is 2. The lowest BCUT2D eigenvalue weighted by Crippen LogP contribution is -2.27. The minimum Gasteiger partial charge on any atom is -0.385 e. The van der Waals surface area contributed by atoms with Crippen molar-refractivity contribution in [1.29, 1.82) is 0 Å². The predicted octanol–water partition coefficient (Wildman–Crippen LogP) is 3.59. The van der Waals surface area contributed by atoms with E-state index in [1.165, 1.54) is 22.4 Å². The number of anilines is 1. The highest BCUT2D eigenvalue weighted by molar-refractivity contribution is 7.17. The van der Waals surface area contributed by atoms with Crippen molar-refractivity contribution in [3.05, 3.63) is 52.2 Å². The van der Waals surface area contributed by atoms with Gasteiger partial charge in [0.05, 0.1) is 22.8 Å². The Balaban J connectivity index is 1.58. The Hall–Kier alpha value is -2.84. The second-order valence-corrected chi connectivity index (χ2v) is 8.32. The van der Waals surface area contributed by atoms with Crippen LogP contribution in [0, 0.1) is 0 Å². The fraction of sp³-hybridized carbons (Fsp3) is 0.364. The second kappa shape index (κ2) is 9.32. The van der Waals surface area contributed by atoms with Crippen LogP contribution in [0.2, 0.25) is 0 Å². The Bertz CT molecular complexity index is 1080. The molecule has 2 amide bonds. The van der Waals surface area contributed by atoms with Gasteiger partial charge in [0.1, 0.15) is 10.7 Å². The highest BCUT2D eigenvalue weighted by atomic mass is 32.1. The van der Waals surface area contributed by atoms with Crippen molar-refractivity contribution in [1.82, 2.24) is 15.3 Å². The smallest absolute Gasteiger partial charge is 0.276 e. The first-order valence-corrected chi connectivity index (χ1v) is 10.9. The van der Waals surface area contributed by atoms with Gasteiger partial charge in [0.25, 0.3) is 11.8 Å². The molecule has 2 N–H and O–H groups in total. The molecule has 1 aliphatic rings. The van der Waals surface area contributed by atoms with Gasteiger partial charge in [-0.25, -0.2) is 4.98 Å². The quantitative estimate of drug-likeness (QED) is 0.566. The van der Waals surface area contributed by atoms with E-state index < -0.39 is 0 Å². The Morgan fingerprint density at radius 1 is 1.13 bits per heavy atom. The molecule has 1 aromatic carbocycles. The number of nitrogens with zero attached hydrogens (tertiary/aromatic N) is 2. The van der Waals surface area contributed by atoms with Crippen molar-refractivity contribution < 1.29 is 14.3 Å². The Labute approximate surface area is 178 Å². The highest BCUT2D eigenvalue weighted by Gasteiger charge is 2.26. The number of thiophene rings is 1. The lowest BCUT2D eigenvalue weighted by Gasteiger charge is -2.13. The van der Waals surface area contributed by atoms with Gasteiger partial charge in [-0.05, 0) is 49.8 Å². The Morgan fingerprint density at radius 2 is 1.93 bits per heavy atom. The molecule has 1 aliphatic carbocycles. The van der Waals surface area contributed by atoms with Crippen molar-refractivity contribution in [2.24, 2.45) is 0 Å². The number of carbonyl (C=O) groups is 2. The number of rotatable bonds is 7. The lowest BCUT2D eigenvalue weighted by atomic mass is 9.95. The summed E-state index contributed by atoms with van der Waals surface area (Å²) in [6, 6.07) is 7.41. The largest absolute Gasteiger partial charge is 0.385 e. The van der Waals surface area contributed by atoms with E-state index >= 15 is 0 Å². The summed E-state index contributed by atoms with van der Waals surface area (Å²) in [5.41, 5.74) is 3.28. The molecule has 2 aromatic heterocycles. The molecule has 8 heteroatoms. The summed E-state index contributed by atoms with van der Waals surface area (Å²) >= 11 is 1.49. The molecule has 156 valence electrons. The molecule has 0 saturated carbocycles. The van der Waals surface area contributed by atoms with Crippen LogP contribution < -0.4 is 10.6 Å². The van der Waals surface area contributed by atoms with E-state index in [1.54, 1.807) is 7.11 Å². The van der Waals surface area contributed by atoms with E-state index in [4.69, 9.17) is 4.74 Å². The van der Waals surface area contributed by atoms with E-state index in [2.05, 4.69) is 20.6 Å². The summed E-state index contributed by atoms with van der Waals surface area (Å²) in [5.74, 6) is -0.509. The highest BCUT2D eigenvalue weighted by Crippen LogP contribution is 2.38. The third-order valence-electron chi connectivity index (χ3n) is 5.12. The van der Waals surface area contributed by atoms with E-state index in [1.807, 2.05) is 24.3 Å². The number of benzene rings is 1. The van der Waals surface area contributed by atoms with Gasteiger partial charge in [-0.2, -0.15) is 0 Å². The summed E-state index contributed by atoms with van der Waals surface area (Å²) in [6.45, 7) is 1.12. The number of methoxy groups -OCH3 is 1. The zero-order chi connectivity index (χ0) is 20.9. The fourth-order valence-electron chi connectivity index (χ4n) is 3.63. The first-order chi connectivity index (χ1) is 14.7. The number of amides is 2. The first-order valence-electron chi connectivity index (χ1n) is 10.1. The molecule has 0 saturated heterocycles. The standard InChI is InChI=1S/C22H24N4O3S/c1-29-12-6-11-23-21(28)19-14-7-2-5-10-18(14)30-22(19)26-20(27)17-13-24-15-8-3-4-9-16(15)25-17/h3-4,8-9,13H,2,5-7,10-12H2,1H3,(H,23,28)(H,26,27). The number of nitrogens with one attached hydrogen (secondary N) is 2. The van der Waals surface area contributed by atoms with Gasteiger partial charge in [0.2, 0.25) is 0 Å². The number of fused-ring (bicyclic) bond motifs is 2. The van der Waals surface area contributed by atoms with Crippen LogP contribution in [0.15, 0.2) is 30.5 Å². The van der Waals surface area contributed by atoms with Crippen molar-refractivity contribution in [2.45, 2.75) is 32.1 Å². The van der Waals surface area contributed by atoms with E-state index in [0.717, 1.165) is 43.2 Å². The van der Waals surface area contributed by atoms with Crippen LogP contribution in [0.3, 0.4) is 0 Å². The second-order valence-electron chi connectivity index (χ2n) is 7.22. The minimum atomic E-state index is -0.361. The maximum absolute atomic E-state index is 12.9. The van der Waals surface area contributed by atoms with Crippen LogP contribution in [-0.2, 0) is 17.6 Å². The SMILES string of the molecule is COCCCNC(=O)c1c(NC(=O)c2cnc3ccccc3n2)sc2c1CCCC2. The number of carbonyl (C=O) groups excluding carboxylic acids is 2. The zero-order valence-corrected chi connectivity index (χ0v) is 17.7. The van der Waals surface area contributed by atoms with Gasteiger partial charge in [-0.3, -0.25) is 14.6 Å². The number of aromatic nitrogens is 2. The van der Waals surface area contributed by atoms with E-state index in [9.17, 15) is 9.59 Å². The van der Waals surface area contributed by atoms with Gasteiger partial charge in [0.15, 0.2) is 0 Å². The third kappa shape index (κ3) is 4.34. The molecule has 0 fully saturated rings. The van der Waals surface area contributed by atoms with Gasteiger partial charge in [-0.15, -0.1) is 11.3 Å². The number of hydrogen-bond acceptors (Lipinski definition) is 6. The molecule has 0 unspecified atom stereocenters. The van der Waals surface area contributed by atoms with Crippen molar-refractivity contribution in [3.63, 3.8) is 0 Å². The molecule has 0 bridgehead atoms. The zero-order valence-electron chi connectivity index (χ0n) is 16.9. The normalized spacial score (nSPS) is 13.1. The maximum Gasteiger partial charge on any atom is 0.276 e. The van der Waals surface area contributed by atoms with E-state index in [0.29, 0.717) is 29.2 Å². The molecule has 0 atom stereocenters. The van der Waals surface area contributed by atoms with Crippen LogP contribution in [0.4, 0.5) is 5.00 Å². The molecule has 7 nitrogen and oxygen atoms in total. The fourth-order valence-corrected chi connectivity index (χ4v) is 4.92. The van der Waals surface area contributed by atoms with Crippen LogP contribution in [-0.4, -0.2) is 42.0 Å². The summed E-state index contributed by atoms with van der Waals surface area (Å²) in [5, 5.41) is 6.47. The molecule has 0 aliphatic heterocycles. The summed E-state index contributed by atoms with van der Waals surface area (Å²) < 4.78 is 5.04. The summed E-state index contributed by atoms with van der Waals surface area (Å²) in [6.07, 6.45) is 6.16. The molecular formula is C22H24N4O3S. The van der Waals surface area contributed by atoms with Gasteiger partial charge >= 0.3 is 0 Å². The average Bonchev–Trinajstić information content (AvgIpc) is 3.14. The van der Waals surface area contributed by atoms with Crippen LogP contribution in [0.5, 0.6) is 0 Å². The molecule has 0 spiro atoms. The number of aryl methyl sites for hydroxylation is 1. The van der Waals surface area contributed by atoms with Crippen LogP contribution in [0.1, 0.15) is 50.5 Å². The lowest BCUT2D eigenvalue weighted by molar-refractivity contribution is 0.0948. The predicted molar refractivity (Wildman–Crippen MR) is 117 cm³/mol. The molecule has 2 heterocycles. The van der Waals surface area contributed by atoms with E-state index in [-0.39, 0.29) is 17.5 Å². The Kier molecular flexibility index (Phi) is 6.35. The van der Waals surface area contributed by atoms with Crippen molar-refractivity contribution >= 4 is 39.2 Å². The first kappa shape index (κ1) is 20.4. The van der Waals surface area contributed by atoms with Crippen LogP contribution in [0.25, 0.3) is 11.0 Å². The maximum atomic E-state index is 12.9. The topological polar surface area (TPSA) is 93.2 Å². The molecule has 30 heavy (non-hydrogen) atoms. The number of ether oxygens (including phenoxy) is 1. The van der Waals surface area contributed by atoms with Crippen LogP contribution >= 0.6 is 11.3 Å². The summed E-state index contributed by atoms with van der Waals surface area (Å²) in [7, 11) is 1.64. The molecular weight excluding hydrogens is 400 g/mol. The Morgan fingerprint density at radius 3 is 2.77 bits per heavy atom. The van der Waals surface area contributed by atoms with Gasteiger partial charge < -0.3 is 15.4 Å². The molecule has 0 radical (unpaired) electrons. The number of para-hydroxylation sites is 2. The third-order valence-corrected chi connectivity index (χ3v) is 6.32. The van der Waals surface area contributed by atoms with Gasteiger partial charge in [-0.1, -0.05) is 12.1 Å². The molecule has 4 rings (SSSR count). The van der Waals surface area contributed by atoms with Crippen molar-refractivity contribution in [2.75, 3.05) is 25.6 Å². The average molecular weight is 425 g/mol. The van der Waals surface area contributed by atoms with Gasteiger partial charge in [0, 0.05) is 25.1 Å².